The number of hydrogen-bond acceptors (Lipinski definition) is 4. The van der Waals surface area contributed by atoms with Crippen molar-refractivity contribution in [2.24, 2.45) is 0 Å². The fourth-order valence-electron chi connectivity index (χ4n) is 4.22. The molecule has 2 amide bonds. The highest BCUT2D eigenvalue weighted by molar-refractivity contribution is 5.97. The maximum absolute atomic E-state index is 13.0. The Kier molecular flexibility index (Phi) is 5.28. The Balaban J connectivity index is 1.66. The molecule has 9 heteroatoms. The third-order valence-electron chi connectivity index (χ3n) is 5.77. The van der Waals surface area contributed by atoms with E-state index in [9.17, 15) is 22.8 Å². The molecule has 0 bridgehead atoms. The number of methoxy groups -OCH3 is 2. The molecule has 1 atom stereocenters. The summed E-state index contributed by atoms with van der Waals surface area (Å²) in [5, 5.41) is 0. The molecule has 1 saturated heterocycles. The van der Waals surface area contributed by atoms with Gasteiger partial charge < -0.3 is 19.3 Å². The minimum Gasteiger partial charge on any atom is -0.493 e. The van der Waals surface area contributed by atoms with Crippen LogP contribution in [0.25, 0.3) is 0 Å². The maximum atomic E-state index is 13.0. The van der Waals surface area contributed by atoms with E-state index in [2.05, 4.69) is 0 Å². The van der Waals surface area contributed by atoms with Crippen molar-refractivity contribution in [3.8, 4) is 11.5 Å². The average molecular weight is 434 g/mol. The molecule has 0 aromatic heterocycles. The highest BCUT2D eigenvalue weighted by atomic mass is 19.4. The molecule has 1 fully saturated rings. The van der Waals surface area contributed by atoms with Gasteiger partial charge in [0.2, 0.25) is 5.91 Å². The van der Waals surface area contributed by atoms with Gasteiger partial charge in [-0.2, -0.15) is 13.2 Å². The lowest BCUT2D eigenvalue weighted by molar-refractivity contribution is -0.139. The first-order valence-corrected chi connectivity index (χ1v) is 9.73. The first-order chi connectivity index (χ1) is 14.7. The van der Waals surface area contributed by atoms with Crippen molar-refractivity contribution in [2.75, 3.05) is 33.9 Å². The predicted molar refractivity (Wildman–Crippen MR) is 105 cm³/mol. The van der Waals surface area contributed by atoms with E-state index >= 15 is 0 Å². The lowest BCUT2D eigenvalue weighted by Gasteiger charge is -2.44. The third-order valence-corrected chi connectivity index (χ3v) is 5.77. The fourth-order valence-corrected chi connectivity index (χ4v) is 4.22. The number of carbonyl (C=O) groups is 2. The number of nitrogens with zero attached hydrogens (tertiary/aromatic N) is 2. The molecule has 0 aliphatic carbocycles. The van der Waals surface area contributed by atoms with E-state index in [1.165, 1.54) is 24.1 Å². The number of fused-ring (bicyclic) bond motifs is 3. The molecular formula is C22H21F3N2O4. The van der Waals surface area contributed by atoms with E-state index in [0.717, 1.165) is 23.3 Å². The Morgan fingerprint density at radius 2 is 1.81 bits per heavy atom. The average Bonchev–Trinajstić information content (AvgIpc) is 2.76. The number of piperazine rings is 1. The molecule has 6 nitrogen and oxygen atoms in total. The number of amides is 2. The molecule has 164 valence electrons. The number of halogens is 3. The standard InChI is InChI=1S/C22H21F3N2O4/c1-30-18-9-13-6-7-27-17(16(13)10-19(18)31-2)11-26(12-20(27)28)21(29)14-4-3-5-15(8-14)22(23,24)25/h3-5,8-10,17H,6-7,11-12H2,1-2H3. The van der Waals surface area contributed by atoms with Crippen molar-refractivity contribution in [1.29, 1.82) is 0 Å². The van der Waals surface area contributed by atoms with Gasteiger partial charge in [-0.1, -0.05) is 6.07 Å². The molecule has 2 heterocycles. The summed E-state index contributed by atoms with van der Waals surface area (Å²) in [5.41, 5.74) is 0.835. The molecule has 0 saturated carbocycles. The van der Waals surface area contributed by atoms with Crippen LogP contribution >= 0.6 is 0 Å². The van der Waals surface area contributed by atoms with Crippen molar-refractivity contribution in [3.63, 3.8) is 0 Å². The van der Waals surface area contributed by atoms with Crippen molar-refractivity contribution in [2.45, 2.75) is 18.6 Å². The van der Waals surface area contributed by atoms with Crippen LogP contribution in [0.1, 0.15) is 33.1 Å². The van der Waals surface area contributed by atoms with Crippen LogP contribution in [0.15, 0.2) is 36.4 Å². The Morgan fingerprint density at radius 1 is 1.10 bits per heavy atom. The number of hydrogen-bond donors (Lipinski definition) is 0. The van der Waals surface area contributed by atoms with Crippen LogP contribution in [0.3, 0.4) is 0 Å². The highest BCUT2D eigenvalue weighted by Crippen LogP contribution is 2.40. The highest BCUT2D eigenvalue weighted by Gasteiger charge is 2.40. The zero-order valence-corrected chi connectivity index (χ0v) is 17.0. The van der Waals surface area contributed by atoms with E-state index < -0.39 is 23.7 Å². The van der Waals surface area contributed by atoms with Crippen LogP contribution in [0.2, 0.25) is 0 Å². The summed E-state index contributed by atoms with van der Waals surface area (Å²) in [7, 11) is 3.05. The SMILES string of the molecule is COc1cc2c(cc1OC)C1CN(C(=O)c3cccc(C(F)(F)F)c3)CC(=O)N1CC2. The van der Waals surface area contributed by atoms with Gasteiger partial charge in [-0.15, -0.1) is 0 Å². The number of rotatable bonds is 3. The summed E-state index contributed by atoms with van der Waals surface area (Å²) in [6.45, 7) is 0.509. The van der Waals surface area contributed by atoms with E-state index in [-0.39, 0.29) is 24.6 Å². The van der Waals surface area contributed by atoms with Gasteiger partial charge in [0.25, 0.3) is 5.91 Å². The molecule has 2 aliphatic heterocycles. The quantitative estimate of drug-likeness (QED) is 0.744. The number of ether oxygens (including phenoxy) is 2. The van der Waals surface area contributed by atoms with E-state index in [1.54, 1.807) is 18.1 Å². The molecule has 2 aromatic rings. The van der Waals surface area contributed by atoms with Crippen molar-refractivity contribution >= 4 is 11.8 Å². The molecular weight excluding hydrogens is 413 g/mol. The Hall–Kier alpha value is -3.23. The van der Waals surface area contributed by atoms with Crippen LogP contribution in [-0.2, 0) is 17.4 Å². The van der Waals surface area contributed by atoms with Crippen LogP contribution in [0, 0.1) is 0 Å². The first kappa shape index (κ1) is 21.0. The molecule has 2 aromatic carbocycles. The molecule has 0 radical (unpaired) electrons. The van der Waals surface area contributed by atoms with Crippen LogP contribution < -0.4 is 9.47 Å². The maximum Gasteiger partial charge on any atom is 0.416 e. The van der Waals surface area contributed by atoms with Crippen LogP contribution in [0.5, 0.6) is 11.5 Å². The fraction of sp³-hybridized carbons (Fsp3) is 0.364. The molecule has 1 unspecified atom stereocenters. The molecule has 0 spiro atoms. The zero-order valence-electron chi connectivity index (χ0n) is 17.0. The molecule has 31 heavy (non-hydrogen) atoms. The van der Waals surface area contributed by atoms with Gasteiger partial charge in [-0.3, -0.25) is 9.59 Å². The first-order valence-electron chi connectivity index (χ1n) is 9.73. The summed E-state index contributed by atoms with van der Waals surface area (Å²) < 4.78 is 49.9. The Labute approximate surface area is 177 Å². The van der Waals surface area contributed by atoms with Gasteiger partial charge in [-0.05, 0) is 47.9 Å². The van der Waals surface area contributed by atoms with Crippen LogP contribution in [0.4, 0.5) is 13.2 Å². The van der Waals surface area contributed by atoms with E-state index in [1.807, 2.05) is 6.07 Å². The van der Waals surface area contributed by atoms with Crippen molar-refractivity contribution < 1.29 is 32.2 Å². The summed E-state index contributed by atoms with van der Waals surface area (Å²) in [5.74, 6) is 0.245. The summed E-state index contributed by atoms with van der Waals surface area (Å²) >= 11 is 0. The lowest BCUT2D eigenvalue weighted by atomic mass is 9.90. The minimum absolute atomic E-state index is 0.0978. The zero-order chi connectivity index (χ0) is 22.3. The summed E-state index contributed by atoms with van der Waals surface area (Å²) in [6, 6.07) is 7.52. The van der Waals surface area contributed by atoms with Gasteiger partial charge in [0, 0.05) is 18.7 Å². The molecule has 4 rings (SSSR count). The Bertz CT molecular complexity index is 1040. The number of alkyl halides is 3. The predicted octanol–water partition coefficient (Wildman–Crippen LogP) is 3.30. The smallest absolute Gasteiger partial charge is 0.416 e. The van der Waals surface area contributed by atoms with Crippen molar-refractivity contribution in [1.82, 2.24) is 9.80 Å². The second-order valence-electron chi connectivity index (χ2n) is 7.52. The normalized spacial score (nSPS) is 18.4. The Morgan fingerprint density at radius 3 is 2.48 bits per heavy atom. The van der Waals surface area contributed by atoms with Gasteiger partial charge in [0.1, 0.15) is 6.54 Å². The topological polar surface area (TPSA) is 59.1 Å². The van der Waals surface area contributed by atoms with E-state index in [4.69, 9.17) is 9.47 Å². The lowest BCUT2D eigenvalue weighted by Crippen LogP contribution is -2.55. The third kappa shape index (κ3) is 3.80. The van der Waals surface area contributed by atoms with Gasteiger partial charge in [0.05, 0.1) is 25.8 Å². The molecule has 2 aliphatic rings. The number of benzene rings is 2. The van der Waals surface area contributed by atoms with Gasteiger partial charge in [-0.25, -0.2) is 0 Å². The van der Waals surface area contributed by atoms with Gasteiger partial charge in [0.15, 0.2) is 11.5 Å². The van der Waals surface area contributed by atoms with Gasteiger partial charge >= 0.3 is 6.18 Å². The van der Waals surface area contributed by atoms with Crippen molar-refractivity contribution in [3.05, 3.63) is 58.7 Å². The largest absolute Gasteiger partial charge is 0.493 e. The van der Waals surface area contributed by atoms with E-state index in [0.29, 0.717) is 24.5 Å². The molecule has 0 N–H and O–H groups in total. The monoisotopic (exact) mass is 434 g/mol. The second-order valence-corrected chi connectivity index (χ2v) is 7.52. The number of carbonyl (C=O) groups excluding carboxylic acids is 2. The summed E-state index contributed by atoms with van der Waals surface area (Å²) in [4.78, 5) is 28.8. The minimum atomic E-state index is -4.55. The van der Waals surface area contributed by atoms with Crippen LogP contribution in [-0.4, -0.2) is 55.5 Å². The summed E-state index contributed by atoms with van der Waals surface area (Å²) in [6.07, 6.45) is -3.91. The second kappa shape index (κ2) is 7.79.